The zero-order chi connectivity index (χ0) is 7.56. The van der Waals surface area contributed by atoms with E-state index in [1.54, 1.807) is 13.0 Å². The molecule has 1 fully saturated rings. The van der Waals surface area contributed by atoms with Gasteiger partial charge in [-0.05, 0) is 13.3 Å². The zero-order valence-corrected chi connectivity index (χ0v) is 6.02. The highest BCUT2D eigenvalue weighted by Gasteiger charge is 2.21. The van der Waals surface area contributed by atoms with Crippen molar-refractivity contribution >= 4 is 11.6 Å². The largest absolute Gasteiger partial charge is 0.294 e. The zero-order valence-electron chi connectivity index (χ0n) is 6.02. The Hall–Kier alpha value is -0.920. The van der Waals surface area contributed by atoms with Gasteiger partial charge in [0.25, 0.3) is 0 Å². The second-order valence-electron chi connectivity index (χ2n) is 2.40. The van der Waals surface area contributed by atoms with Crippen molar-refractivity contribution in [3.8, 4) is 0 Å². The van der Waals surface area contributed by atoms with E-state index in [1.807, 2.05) is 0 Å². The van der Waals surface area contributed by atoms with Gasteiger partial charge in [0.2, 0.25) is 0 Å². The number of carbonyl (C=O) groups excluding carboxylic acids is 2. The van der Waals surface area contributed by atoms with Crippen molar-refractivity contribution in [3.63, 3.8) is 0 Å². The van der Waals surface area contributed by atoms with Gasteiger partial charge in [0.05, 0.1) is 5.57 Å². The number of hydrogen-bond acceptors (Lipinski definition) is 2. The summed E-state index contributed by atoms with van der Waals surface area (Å²) in [6.45, 7) is 1.73. The Labute approximate surface area is 59.9 Å². The van der Waals surface area contributed by atoms with Crippen LogP contribution in [0.25, 0.3) is 0 Å². The Bertz CT molecular complexity index is 183. The van der Waals surface area contributed by atoms with Crippen molar-refractivity contribution in [1.29, 1.82) is 0 Å². The lowest BCUT2D eigenvalue weighted by Crippen LogP contribution is -2.18. The van der Waals surface area contributed by atoms with Crippen molar-refractivity contribution in [3.05, 3.63) is 11.6 Å². The Morgan fingerprint density at radius 3 is 2.00 bits per heavy atom. The third-order valence-corrected chi connectivity index (χ3v) is 1.70. The molecule has 0 heterocycles. The maximum absolute atomic E-state index is 10.9. The third-order valence-electron chi connectivity index (χ3n) is 1.70. The van der Waals surface area contributed by atoms with Gasteiger partial charge in [-0.15, -0.1) is 0 Å². The minimum Gasteiger partial charge on any atom is -0.294 e. The summed E-state index contributed by atoms with van der Waals surface area (Å²) >= 11 is 0. The molecule has 0 saturated heterocycles. The molecule has 1 aliphatic rings. The second-order valence-corrected chi connectivity index (χ2v) is 2.40. The van der Waals surface area contributed by atoms with E-state index in [9.17, 15) is 9.59 Å². The first kappa shape index (κ1) is 7.19. The van der Waals surface area contributed by atoms with E-state index >= 15 is 0 Å². The summed E-state index contributed by atoms with van der Waals surface area (Å²) in [6, 6.07) is 0. The highest BCUT2D eigenvalue weighted by molar-refractivity contribution is 6.21. The van der Waals surface area contributed by atoms with E-state index in [2.05, 4.69) is 0 Å². The number of ketones is 2. The molecule has 0 radical (unpaired) electrons. The van der Waals surface area contributed by atoms with Gasteiger partial charge in [-0.25, -0.2) is 0 Å². The molecule has 1 aliphatic carbocycles. The maximum Gasteiger partial charge on any atom is 0.166 e. The second kappa shape index (κ2) is 2.78. The van der Waals surface area contributed by atoms with Crippen molar-refractivity contribution in [2.45, 2.75) is 26.2 Å². The average Bonchev–Trinajstić information content (AvgIpc) is 1.88. The average molecular weight is 138 g/mol. The Morgan fingerprint density at radius 2 is 1.70 bits per heavy atom. The Kier molecular flexibility index (Phi) is 2.00. The Balaban J connectivity index is 2.83. The van der Waals surface area contributed by atoms with E-state index in [1.165, 1.54) is 0 Å². The highest BCUT2D eigenvalue weighted by atomic mass is 16.1. The molecule has 0 aromatic rings. The molecule has 0 unspecified atom stereocenters. The lowest BCUT2D eigenvalue weighted by Gasteiger charge is -2.09. The van der Waals surface area contributed by atoms with Gasteiger partial charge in [0, 0.05) is 12.8 Å². The van der Waals surface area contributed by atoms with E-state index < -0.39 is 0 Å². The van der Waals surface area contributed by atoms with Gasteiger partial charge in [0.1, 0.15) is 0 Å². The van der Waals surface area contributed by atoms with Crippen LogP contribution in [0.2, 0.25) is 0 Å². The molecule has 2 nitrogen and oxygen atoms in total. The van der Waals surface area contributed by atoms with Crippen LogP contribution < -0.4 is 0 Å². The summed E-state index contributed by atoms with van der Waals surface area (Å²) in [5.74, 6) is 0.0255. The van der Waals surface area contributed by atoms with Crippen molar-refractivity contribution in [2.24, 2.45) is 0 Å². The van der Waals surface area contributed by atoms with Crippen LogP contribution in [-0.2, 0) is 9.59 Å². The van der Waals surface area contributed by atoms with Crippen molar-refractivity contribution in [2.75, 3.05) is 0 Å². The molecular formula is C8H10O2. The normalized spacial score (nSPS) is 19.5. The molecular weight excluding hydrogens is 128 g/mol. The van der Waals surface area contributed by atoms with Gasteiger partial charge in [0.15, 0.2) is 11.6 Å². The first-order valence-corrected chi connectivity index (χ1v) is 3.48. The lowest BCUT2D eigenvalue weighted by molar-refractivity contribution is -0.123. The molecule has 0 bridgehead atoms. The summed E-state index contributed by atoms with van der Waals surface area (Å²) < 4.78 is 0. The van der Waals surface area contributed by atoms with Crippen LogP contribution in [0.4, 0.5) is 0 Å². The smallest absolute Gasteiger partial charge is 0.166 e. The summed E-state index contributed by atoms with van der Waals surface area (Å²) in [6.07, 6.45) is 3.44. The monoisotopic (exact) mass is 138 g/mol. The molecule has 2 heteroatoms. The summed E-state index contributed by atoms with van der Waals surface area (Å²) in [5.41, 5.74) is 0.409. The molecule has 1 rings (SSSR count). The number of allylic oxidation sites excluding steroid dienone is 2. The molecule has 1 saturated carbocycles. The Morgan fingerprint density at radius 1 is 1.20 bits per heavy atom. The van der Waals surface area contributed by atoms with Crippen LogP contribution in [0, 0.1) is 0 Å². The fraction of sp³-hybridized carbons (Fsp3) is 0.500. The molecule has 0 aromatic carbocycles. The highest BCUT2D eigenvalue weighted by Crippen LogP contribution is 2.15. The molecule has 0 aliphatic heterocycles. The van der Waals surface area contributed by atoms with Crippen LogP contribution in [0.1, 0.15) is 26.2 Å². The van der Waals surface area contributed by atoms with Gasteiger partial charge in [-0.1, -0.05) is 6.08 Å². The lowest BCUT2D eigenvalue weighted by atomic mass is 9.92. The van der Waals surface area contributed by atoms with Gasteiger partial charge in [-0.2, -0.15) is 0 Å². The number of rotatable bonds is 0. The number of carbonyl (C=O) groups is 2. The molecule has 0 spiro atoms. The predicted molar refractivity (Wildman–Crippen MR) is 37.6 cm³/mol. The fourth-order valence-electron chi connectivity index (χ4n) is 1.16. The molecule has 0 N–H and O–H groups in total. The van der Waals surface area contributed by atoms with E-state index in [-0.39, 0.29) is 11.6 Å². The van der Waals surface area contributed by atoms with Crippen LogP contribution in [0.5, 0.6) is 0 Å². The predicted octanol–water partition coefficient (Wildman–Crippen LogP) is 1.25. The first-order valence-electron chi connectivity index (χ1n) is 3.48. The van der Waals surface area contributed by atoms with Crippen LogP contribution in [0.3, 0.4) is 0 Å². The quantitative estimate of drug-likeness (QED) is 0.373. The number of Topliss-reactive ketones (excluding diaryl/α,β-unsaturated/α-hetero) is 2. The van der Waals surface area contributed by atoms with Crippen LogP contribution in [0.15, 0.2) is 11.6 Å². The SMILES string of the molecule is CC=C1C(=O)CCCC1=O. The summed E-state index contributed by atoms with van der Waals surface area (Å²) in [4.78, 5) is 21.9. The minimum atomic E-state index is 0.0127. The van der Waals surface area contributed by atoms with Crippen molar-refractivity contribution < 1.29 is 9.59 Å². The topological polar surface area (TPSA) is 34.1 Å². The van der Waals surface area contributed by atoms with E-state index in [0.29, 0.717) is 18.4 Å². The maximum atomic E-state index is 10.9. The molecule has 10 heavy (non-hydrogen) atoms. The van der Waals surface area contributed by atoms with Gasteiger partial charge >= 0.3 is 0 Å². The summed E-state index contributed by atoms with van der Waals surface area (Å²) in [5, 5.41) is 0. The molecule has 0 amide bonds. The van der Waals surface area contributed by atoms with Gasteiger partial charge in [-0.3, -0.25) is 9.59 Å². The molecule has 0 aromatic heterocycles. The van der Waals surface area contributed by atoms with Gasteiger partial charge < -0.3 is 0 Å². The van der Waals surface area contributed by atoms with E-state index in [0.717, 1.165) is 6.42 Å². The number of hydrogen-bond donors (Lipinski definition) is 0. The minimum absolute atomic E-state index is 0.0127. The summed E-state index contributed by atoms with van der Waals surface area (Å²) in [7, 11) is 0. The molecule has 0 atom stereocenters. The van der Waals surface area contributed by atoms with E-state index in [4.69, 9.17) is 0 Å². The standard InChI is InChI=1S/C8H10O2/c1-2-6-7(9)4-3-5-8(6)10/h2H,3-5H2,1H3. The molecule has 54 valence electrons. The fourth-order valence-corrected chi connectivity index (χ4v) is 1.16. The first-order chi connectivity index (χ1) is 4.75. The van der Waals surface area contributed by atoms with Crippen molar-refractivity contribution in [1.82, 2.24) is 0 Å². The third kappa shape index (κ3) is 1.15. The van der Waals surface area contributed by atoms with Crippen LogP contribution in [-0.4, -0.2) is 11.6 Å². The van der Waals surface area contributed by atoms with Crippen LogP contribution >= 0.6 is 0 Å².